The Balaban J connectivity index is 1.53. The third-order valence-corrected chi connectivity index (χ3v) is 6.28. The molecule has 3 N–H and O–H groups in total. The molecule has 0 spiro atoms. The third-order valence-electron chi connectivity index (χ3n) is 6.28. The number of likely N-dealkylation sites (N-methyl/N-ethyl adjacent to an activating group) is 1. The molecule has 4 aromatic rings. The molecule has 0 amide bonds. The molecule has 10 heteroatoms. The van der Waals surface area contributed by atoms with Crippen LogP contribution in [0.1, 0.15) is 22.5 Å². The number of aliphatic imine (C=N–C) groups is 1. The first-order valence-electron chi connectivity index (χ1n) is 12.0. The van der Waals surface area contributed by atoms with Crippen LogP contribution >= 0.6 is 0 Å². The van der Waals surface area contributed by atoms with Gasteiger partial charge in [-0.1, -0.05) is 6.07 Å². The zero-order chi connectivity index (χ0) is 25.2. The van der Waals surface area contributed by atoms with Crippen molar-refractivity contribution < 1.29 is 4.74 Å². The molecule has 0 aromatic carbocycles. The SMILES string of the molecule is Cc1[nH]c2c(c1C)C(=N)C(=Nc1c(NCCN(C)C)nn3ccccc13)C=C2OCCn1ccnc1. The molecule has 0 atom stereocenters. The van der Waals surface area contributed by atoms with Crippen molar-refractivity contribution in [1.29, 1.82) is 5.41 Å². The second-order valence-electron chi connectivity index (χ2n) is 9.11. The summed E-state index contributed by atoms with van der Waals surface area (Å²) >= 11 is 0. The molecule has 0 aliphatic heterocycles. The fraction of sp³-hybridized carbons (Fsp3) is 0.308. The van der Waals surface area contributed by atoms with E-state index in [0.717, 1.165) is 41.1 Å². The summed E-state index contributed by atoms with van der Waals surface area (Å²) in [7, 11) is 4.07. The Hall–Kier alpha value is -4.18. The van der Waals surface area contributed by atoms with E-state index in [-0.39, 0.29) is 0 Å². The average Bonchev–Trinajstić information content (AvgIpc) is 3.56. The van der Waals surface area contributed by atoms with Crippen molar-refractivity contribution in [2.24, 2.45) is 4.99 Å². The van der Waals surface area contributed by atoms with E-state index in [1.807, 2.05) is 73.7 Å². The summed E-state index contributed by atoms with van der Waals surface area (Å²) in [6.07, 6.45) is 9.18. The number of pyridine rings is 1. The Bertz CT molecular complexity index is 1450. The maximum absolute atomic E-state index is 9.02. The van der Waals surface area contributed by atoms with Crippen LogP contribution in [0.5, 0.6) is 0 Å². The number of fused-ring (bicyclic) bond motifs is 2. The molecule has 4 heterocycles. The van der Waals surface area contributed by atoms with E-state index >= 15 is 0 Å². The second kappa shape index (κ2) is 9.82. The topological polar surface area (TPSA) is 112 Å². The van der Waals surface area contributed by atoms with Gasteiger partial charge in [-0.3, -0.25) is 5.41 Å². The molecule has 0 unspecified atom stereocenters. The third kappa shape index (κ3) is 4.55. The average molecular weight is 486 g/mol. The van der Waals surface area contributed by atoms with Gasteiger partial charge >= 0.3 is 0 Å². The van der Waals surface area contributed by atoms with Gasteiger partial charge in [0.05, 0.1) is 35.5 Å². The van der Waals surface area contributed by atoms with Crippen molar-refractivity contribution in [2.45, 2.75) is 20.4 Å². The molecule has 0 saturated carbocycles. The van der Waals surface area contributed by atoms with Crippen molar-refractivity contribution in [3.8, 4) is 0 Å². The van der Waals surface area contributed by atoms with Crippen LogP contribution in [0, 0.1) is 19.3 Å². The number of aromatic nitrogens is 5. The van der Waals surface area contributed by atoms with Gasteiger partial charge in [0.1, 0.15) is 18.1 Å². The summed E-state index contributed by atoms with van der Waals surface area (Å²) in [5.74, 6) is 1.36. The number of nitrogens with zero attached hydrogens (tertiary/aromatic N) is 6. The van der Waals surface area contributed by atoms with Crippen molar-refractivity contribution in [3.63, 3.8) is 0 Å². The lowest BCUT2D eigenvalue weighted by molar-refractivity contribution is 0.259. The van der Waals surface area contributed by atoms with Gasteiger partial charge in [-0.25, -0.2) is 14.5 Å². The smallest absolute Gasteiger partial charge is 0.175 e. The highest BCUT2D eigenvalue weighted by atomic mass is 16.5. The number of aryl methyl sites for hydroxylation is 1. The first-order valence-corrected chi connectivity index (χ1v) is 12.0. The lowest BCUT2D eigenvalue weighted by Gasteiger charge is -2.18. The molecular formula is C26H31N9O. The van der Waals surface area contributed by atoms with Crippen molar-refractivity contribution in [2.75, 3.05) is 39.1 Å². The maximum Gasteiger partial charge on any atom is 0.175 e. The molecule has 5 rings (SSSR count). The van der Waals surface area contributed by atoms with Gasteiger partial charge in [-0.15, -0.1) is 5.10 Å². The van der Waals surface area contributed by atoms with E-state index < -0.39 is 0 Å². The van der Waals surface area contributed by atoms with Crippen LogP contribution in [0.2, 0.25) is 0 Å². The number of rotatable bonds is 9. The number of hydrogen-bond donors (Lipinski definition) is 3. The molecule has 4 aromatic heterocycles. The number of hydrogen-bond acceptors (Lipinski definition) is 7. The summed E-state index contributed by atoms with van der Waals surface area (Å²) in [6.45, 7) is 6.76. The molecule has 0 bridgehead atoms. The van der Waals surface area contributed by atoms with Gasteiger partial charge in [-0.05, 0) is 45.6 Å². The number of ether oxygens (including phenoxy) is 1. The van der Waals surface area contributed by atoms with Crippen LogP contribution in [-0.2, 0) is 11.3 Å². The monoisotopic (exact) mass is 485 g/mol. The number of anilines is 1. The summed E-state index contributed by atoms with van der Waals surface area (Å²) < 4.78 is 10.0. The van der Waals surface area contributed by atoms with Crippen LogP contribution < -0.4 is 5.32 Å². The number of allylic oxidation sites excluding steroid dienone is 1. The first-order chi connectivity index (χ1) is 17.4. The summed E-state index contributed by atoms with van der Waals surface area (Å²) in [6, 6.07) is 5.89. The van der Waals surface area contributed by atoms with Gasteiger partial charge in [0.15, 0.2) is 5.82 Å². The maximum atomic E-state index is 9.02. The number of nitrogens with one attached hydrogen (secondary N) is 3. The quantitative estimate of drug-likeness (QED) is 0.335. The number of aromatic amines is 1. The Labute approximate surface area is 209 Å². The summed E-state index contributed by atoms with van der Waals surface area (Å²) in [5, 5.41) is 17.1. The normalized spacial score (nSPS) is 14.5. The lowest BCUT2D eigenvalue weighted by atomic mass is 9.95. The van der Waals surface area contributed by atoms with Gasteiger partial charge in [0.25, 0.3) is 0 Å². The summed E-state index contributed by atoms with van der Waals surface area (Å²) in [4.78, 5) is 14.6. The van der Waals surface area contributed by atoms with Gasteiger partial charge in [0, 0.05) is 49.0 Å². The van der Waals surface area contributed by atoms with E-state index in [0.29, 0.717) is 41.8 Å². The standard InChI is InChI=1S/C26H31N9O/c1-17-18(2)30-25-21(36-14-13-34-12-8-28-16-34)15-19(23(27)22(17)25)31-24-20-7-5-6-10-35(20)32-26(24)29-9-11-33(3)4/h5-8,10,12,15-16,27,30H,9,11,13-14H2,1-4H3,(H,29,32). The summed E-state index contributed by atoms with van der Waals surface area (Å²) in [5.41, 5.74) is 6.16. The Morgan fingerprint density at radius 3 is 2.86 bits per heavy atom. The van der Waals surface area contributed by atoms with Crippen LogP contribution in [0.4, 0.5) is 11.5 Å². The van der Waals surface area contributed by atoms with Gasteiger partial charge in [0.2, 0.25) is 0 Å². The fourth-order valence-corrected chi connectivity index (χ4v) is 4.23. The van der Waals surface area contributed by atoms with E-state index in [1.54, 1.807) is 12.5 Å². The fourth-order valence-electron chi connectivity index (χ4n) is 4.23. The van der Waals surface area contributed by atoms with Crippen LogP contribution in [0.3, 0.4) is 0 Å². The highest BCUT2D eigenvalue weighted by molar-refractivity contribution is 6.54. The van der Waals surface area contributed by atoms with E-state index in [9.17, 15) is 0 Å². The Morgan fingerprint density at radius 1 is 1.22 bits per heavy atom. The predicted molar refractivity (Wildman–Crippen MR) is 143 cm³/mol. The molecule has 10 nitrogen and oxygen atoms in total. The minimum Gasteiger partial charge on any atom is -0.489 e. The highest BCUT2D eigenvalue weighted by Crippen LogP contribution is 2.34. The zero-order valence-corrected chi connectivity index (χ0v) is 21.0. The van der Waals surface area contributed by atoms with Crippen molar-refractivity contribution in [3.05, 3.63) is 71.7 Å². The Morgan fingerprint density at radius 2 is 2.08 bits per heavy atom. The molecule has 0 fully saturated rings. The second-order valence-corrected chi connectivity index (χ2v) is 9.11. The molecule has 0 radical (unpaired) electrons. The van der Waals surface area contributed by atoms with Crippen LogP contribution in [0.25, 0.3) is 11.3 Å². The molecular weight excluding hydrogens is 454 g/mol. The highest BCUT2D eigenvalue weighted by Gasteiger charge is 2.28. The number of imidazole rings is 1. The first kappa shape index (κ1) is 23.6. The molecule has 1 aliphatic rings. The number of H-pyrrole nitrogens is 1. The van der Waals surface area contributed by atoms with E-state index in [1.165, 1.54) is 0 Å². The largest absolute Gasteiger partial charge is 0.489 e. The molecule has 186 valence electrons. The molecule has 1 aliphatic carbocycles. The van der Waals surface area contributed by atoms with Gasteiger partial charge in [-0.2, -0.15) is 0 Å². The molecule has 0 saturated heterocycles. The van der Waals surface area contributed by atoms with Crippen LogP contribution in [0.15, 0.2) is 54.2 Å². The zero-order valence-electron chi connectivity index (χ0n) is 21.0. The van der Waals surface area contributed by atoms with E-state index in [2.05, 4.69) is 20.2 Å². The molecule has 36 heavy (non-hydrogen) atoms. The predicted octanol–water partition coefficient (Wildman–Crippen LogP) is 3.66. The minimum atomic E-state index is 0.364. The minimum absolute atomic E-state index is 0.364. The Kier molecular flexibility index (Phi) is 6.43. The van der Waals surface area contributed by atoms with E-state index in [4.69, 9.17) is 20.2 Å². The lowest BCUT2D eigenvalue weighted by Crippen LogP contribution is -2.21. The van der Waals surface area contributed by atoms with Gasteiger partial charge < -0.3 is 24.5 Å². The van der Waals surface area contributed by atoms with Crippen molar-refractivity contribution >= 4 is 34.2 Å². The van der Waals surface area contributed by atoms with Crippen molar-refractivity contribution in [1.82, 2.24) is 29.0 Å². The van der Waals surface area contributed by atoms with Crippen LogP contribution in [-0.4, -0.2) is 74.3 Å².